The summed E-state index contributed by atoms with van der Waals surface area (Å²) in [4.78, 5) is 0. The Morgan fingerprint density at radius 3 is 2.56 bits per heavy atom. The standard InChI is InChI=1S/C14H18F3N/c1-9-5-3-6-11(10(9)2)12-7-4-8-13(18-12)14(15,16)17/h3,5-6,12-13,18H,4,7-8H2,1-2H3. The maximum atomic E-state index is 12.7. The Balaban J connectivity index is 2.21. The highest BCUT2D eigenvalue weighted by Crippen LogP contribution is 2.34. The van der Waals surface area contributed by atoms with Crippen molar-refractivity contribution in [1.29, 1.82) is 0 Å². The molecule has 1 N–H and O–H groups in total. The Morgan fingerprint density at radius 2 is 1.89 bits per heavy atom. The van der Waals surface area contributed by atoms with Crippen LogP contribution in [0.4, 0.5) is 13.2 Å². The van der Waals surface area contributed by atoms with Crippen molar-refractivity contribution >= 4 is 0 Å². The lowest BCUT2D eigenvalue weighted by Gasteiger charge is -2.33. The molecule has 1 aromatic carbocycles. The summed E-state index contributed by atoms with van der Waals surface area (Å²) in [7, 11) is 0. The SMILES string of the molecule is Cc1cccc(C2CCCC(C(F)(F)F)N2)c1C. The first kappa shape index (κ1) is 13.4. The molecular formula is C14H18F3N. The molecule has 0 radical (unpaired) electrons. The van der Waals surface area contributed by atoms with Gasteiger partial charge in [0.1, 0.15) is 6.04 Å². The molecule has 0 saturated carbocycles. The lowest BCUT2D eigenvalue weighted by Crippen LogP contribution is -2.46. The predicted molar refractivity (Wildman–Crippen MR) is 65.5 cm³/mol. The molecule has 100 valence electrons. The van der Waals surface area contributed by atoms with Crippen LogP contribution in [0.5, 0.6) is 0 Å². The van der Waals surface area contributed by atoms with Crippen LogP contribution in [0.1, 0.15) is 42.0 Å². The van der Waals surface area contributed by atoms with Gasteiger partial charge < -0.3 is 0 Å². The third-order valence-corrected chi connectivity index (χ3v) is 3.81. The summed E-state index contributed by atoms with van der Waals surface area (Å²) in [5.74, 6) is 0. The summed E-state index contributed by atoms with van der Waals surface area (Å²) in [6.07, 6.45) is -2.56. The van der Waals surface area contributed by atoms with Crippen LogP contribution in [0.2, 0.25) is 0 Å². The van der Waals surface area contributed by atoms with E-state index in [4.69, 9.17) is 0 Å². The molecule has 2 unspecified atom stereocenters. The lowest BCUT2D eigenvalue weighted by molar-refractivity contribution is -0.163. The molecule has 1 fully saturated rings. The van der Waals surface area contributed by atoms with E-state index < -0.39 is 12.2 Å². The summed E-state index contributed by atoms with van der Waals surface area (Å²) in [5, 5.41) is 2.75. The smallest absolute Gasteiger partial charge is 0.299 e. The van der Waals surface area contributed by atoms with Gasteiger partial charge in [0, 0.05) is 6.04 Å². The fourth-order valence-corrected chi connectivity index (χ4v) is 2.59. The van der Waals surface area contributed by atoms with Gasteiger partial charge >= 0.3 is 6.18 Å². The van der Waals surface area contributed by atoms with Crippen LogP contribution in [-0.2, 0) is 0 Å². The van der Waals surface area contributed by atoms with Gasteiger partial charge in [-0.1, -0.05) is 18.2 Å². The topological polar surface area (TPSA) is 12.0 Å². The highest BCUT2D eigenvalue weighted by atomic mass is 19.4. The minimum absolute atomic E-state index is 0.176. The van der Waals surface area contributed by atoms with Crippen molar-refractivity contribution in [3.05, 3.63) is 34.9 Å². The molecule has 0 amide bonds. The number of alkyl halides is 3. The molecule has 0 aliphatic carbocycles. The number of nitrogens with one attached hydrogen (secondary N) is 1. The second-order valence-corrected chi connectivity index (χ2v) is 5.03. The molecule has 4 heteroatoms. The molecule has 1 nitrogen and oxygen atoms in total. The first-order valence-electron chi connectivity index (χ1n) is 6.28. The van der Waals surface area contributed by atoms with Gasteiger partial charge in [0.25, 0.3) is 0 Å². The van der Waals surface area contributed by atoms with E-state index in [1.54, 1.807) is 0 Å². The van der Waals surface area contributed by atoms with Crippen molar-refractivity contribution in [2.75, 3.05) is 0 Å². The Bertz CT molecular complexity index is 426. The van der Waals surface area contributed by atoms with Crippen molar-refractivity contribution < 1.29 is 13.2 Å². The fraction of sp³-hybridized carbons (Fsp3) is 0.571. The zero-order valence-electron chi connectivity index (χ0n) is 10.6. The number of benzene rings is 1. The molecule has 0 spiro atoms. The zero-order valence-corrected chi connectivity index (χ0v) is 10.6. The molecule has 2 atom stereocenters. The van der Waals surface area contributed by atoms with E-state index >= 15 is 0 Å². The maximum Gasteiger partial charge on any atom is 0.403 e. The van der Waals surface area contributed by atoms with Crippen LogP contribution < -0.4 is 5.32 Å². The van der Waals surface area contributed by atoms with E-state index in [0.29, 0.717) is 6.42 Å². The van der Waals surface area contributed by atoms with Gasteiger partial charge in [0.15, 0.2) is 0 Å². The maximum absolute atomic E-state index is 12.7. The van der Waals surface area contributed by atoms with E-state index in [9.17, 15) is 13.2 Å². The molecule has 1 aromatic rings. The first-order chi connectivity index (χ1) is 8.39. The Kier molecular flexibility index (Phi) is 3.66. The molecule has 0 aromatic heterocycles. The molecule has 18 heavy (non-hydrogen) atoms. The quantitative estimate of drug-likeness (QED) is 0.800. The molecule has 1 heterocycles. The van der Waals surface area contributed by atoms with Crippen molar-refractivity contribution in [3.8, 4) is 0 Å². The number of aryl methyl sites for hydroxylation is 1. The number of hydrogen-bond donors (Lipinski definition) is 1. The van der Waals surface area contributed by atoms with Crippen LogP contribution >= 0.6 is 0 Å². The number of piperidine rings is 1. The van der Waals surface area contributed by atoms with Crippen LogP contribution in [0.25, 0.3) is 0 Å². The normalized spacial score (nSPS) is 25.2. The first-order valence-corrected chi connectivity index (χ1v) is 6.28. The van der Waals surface area contributed by atoms with E-state index in [1.807, 2.05) is 32.0 Å². The summed E-state index contributed by atoms with van der Waals surface area (Å²) in [6.45, 7) is 3.96. The van der Waals surface area contributed by atoms with Gasteiger partial charge in [-0.2, -0.15) is 13.2 Å². The molecule has 2 rings (SSSR count). The Labute approximate surface area is 105 Å². The molecule has 1 aliphatic heterocycles. The van der Waals surface area contributed by atoms with Crippen LogP contribution in [-0.4, -0.2) is 12.2 Å². The van der Waals surface area contributed by atoms with Gasteiger partial charge in [0.2, 0.25) is 0 Å². The van der Waals surface area contributed by atoms with E-state index in [-0.39, 0.29) is 12.5 Å². The zero-order chi connectivity index (χ0) is 13.3. The van der Waals surface area contributed by atoms with Crippen molar-refractivity contribution in [3.63, 3.8) is 0 Å². The third kappa shape index (κ3) is 2.69. The predicted octanol–water partition coefficient (Wildman–Crippen LogP) is 4.05. The van der Waals surface area contributed by atoms with Crippen LogP contribution in [0.15, 0.2) is 18.2 Å². The monoisotopic (exact) mass is 257 g/mol. The summed E-state index contributed by atoms with van der Waals surface area (Å²) in [5.41, 5.74) is 3.23. The average molecular weight is 257 g/mol. The minimum atomic E-state index is -4.14. The average Bonchev–Trinajstić information content (AvgIpc) is 2.32. The highest BCUT2D eigenvalue weighted by molar-refractivity contribution is 5.35. The van der Waals surface area contributed by atoms with E-state index in [2.05, 4.69) is 5.32 Å². The summed E-state index contributed by atoms with van der Waals surface area (Å²) < 4.78 is 38.2. The molecule has 0 bridgehead atoms. The van der Waals surface area contributed by atoms with E-state index in [1.165, 1.54) is 0 Å². The van der Waals surface area contributed by atoms with Gasteiger partial charge in [-0.05, 0) is 49.8 Å². The number of halogens is 3. The van der Waals surface area contributed by atoms with Crippen molar-refractivity contribution in [1.82, 2.24) is 5.32 Å². The van der Waals surface area contributed by atoms with Gasteiger partial charge in [-0.3, -0.25) is 5.32 Å². The Morgan fingerprint density at radius 1 is 1.17 bits per heavy atom. The van der Waals surface area contributed by atoms with Crippen molar-refractivity contribution in [2.24, 2.45) is 0 Å². The van der Waals surface area contributed by atoms with E-state index in [0.717, 1.165) is 23.1 Å². The van der Waals surface area contributed by atoms with Gasteiger partial charge in [-0.25, -0.2) is 0 Å². The fourth-order valence-electron chi connectivity index (χ4n) is 2.59. The van der Waals surface area contributed by atoms with Crippen molar-refractivity contribution in [2.45, 2.75) is 51.4 Å². The molecular weight excluding hydrogens is 239 g/mol. The lowest BCUT2D eigenvalue weighted by atomic mass is 9.89. The second-order valence-electron chi connectivity index (χ2n) is 5.03. The molecule has 1 aliphatic rings. The number of rotatable bonds is 1. The highest BCUT2D eigenvalue weighted by Gasteiger charge is 2.42. The van der Waals surface area contributed by atoms with Crippen LogP contribution in [0, 0.1) is 13.8 Å². The largest absolute Gasteiger partial charge is 0.403 e. The van der Waals surface area contributed by atoms with Crippen LogP contribution in [0.3, 0.4) is 0 Å². The van der Waals surface area contributed by atoms with Gasteiger partial charge in [-0.15, -0.1) is 0 Å². The second kappa shape index (κ2) is 4.92. The minimum Gasteiger partial charge on any atom is -0.299 e. The summed E-state index contributed by atoms with van der Waals surface area (Å²) in [6, 6.07) is 4.29. The Hall–Kier alpha value is -1.03. The molecule has 1 saturated heterocycles. The third-order valence-electron chi connectivity index (χ3n) is 3.81. The van der Waals surface area contributed by atoms with Gasteiger partial charge in [0.05, 0.1) is 0 Å². The number of hydrogen-bond acceptors (Lipinski definition) is 1. The summed E-state index contributed by atoms with van der Waals surface area (Å²) >= 11 is 0.